The summed E-state index contributed by atoms with van der Waals surface area (Å²) in [6.07, 6.45) is 2.59. The van der Waals surface area contributed by atoms with Crippen molar-refractivity contribution in [1.29, 1.82) is 0 Å². The molecule has 2 unspecified atom stereocenters. The van der Waals surface area contributed by atoms with Gasteiger partial charge in [0.05, 0.1) is 19.3 Å². The van der Waals surface area contributed by atoms with Crippen LogP contribution in [0.25, 0.3) is 0 Å². The highest BCUT2D eigenvalue weighted by atomic mass is 16.5. The predicted molar refractivity (Wildman–Crippen MR) is 72.6 cm³/mol. The minimum absolute atomic E-state index is 0.512. The number of ether oxygens (including phenoxy) is 1. The summed E-state index contributed by atoms with van der Waals surface area (Å²) in [7, 11) is 0. The lowest BCUT2D eigenvalue weighted by Crippen LogP contribution is -2.46. The zero-order valence-corrected chi connectivity index (χ0v) is 10.8. The zero-order valence-electron chi connectivity index (χ0n) is 10.8. The maximum Gasteiger partial charge on any atom is 0.0594 e. The van der Waals surface area contributed by atoms with Crippen molar-refractivity contribution in [3.8, 4) is 0 Å². The van der Waals surface area contributed by atoms with Crippen molar-refractivity contribution in [3.05, 3.63) is 35.9 Å². The predicted octanol–water partition coefficient (Wildman–Crippen LogP) is 1.81. The van der Waals surface area contributed by atoms with Gasteiger partial charge >= 0.3 is 0 Å². The highest BCUT2D eigenvalue weighted by Gasteiger charge is 2.31. The fourth-order valence-electron chi connectivity index (χ4n) is 3.18. The SMILES string of the molecule is c1ccc(C(C2CCCN2)N2CCOCC2)cc1. The number of nitrogens with one attached hydrogen (secondary N) is 1. The largest absolute Gasteiger partial charge is 0.379 e. The minimum atomic E-state index is 0.512. The maximum absolute atomic E-state index is 5.49. The summed E-state index contributed by atoms with van der Waals surface area (Å²) >= 11 is 0. The number of rotatable bonds is 3. The summed E-state index contributed by atoms with van der Waals surface area (Å²) in [6, 6.07) is 12.0. The Bertz CT molecular complexity index is 356. The molecule has 0 saturated carbocycles. The van der Waals surface area contributed by atoms with Gasteiger partial charge in [0.1, 0.15) is 0 Å². The molecule has 98 valence electrons. The molecular weight excluding hydrogens is 224 g/mol. The van der Waals surface area contributed by atoms with Crippen LogP contribution in [0, 0.1) is 0 Å². The molecule has 2 fully saturated rings. The smallest absolute Gasteiger partial charge is 0.0594 e. The Kier molecular flexibility index (Phi) is 3.93. The number of hydrogen-bond acceptors (Lipinski definition) is 3. The lowest BCUT2D eigenvalue weighted by Gasteiger charge is -2.38. The van der Waals surface area contributed by atoms with Crippen LogP contribution in [0.2, 0.25) is 0 Å². The molecule has 1 N–H and O–H groups in total. The molecule has 0 aromatic heterocycles. The van der Waals surface area contributed by atoms with Crippen LogP contribution in [0.1, 0.15) is 24.4 Å². The summed E-state index contributed by atoms with van der Waals surface area (Å²) < 4.78 is 5.49. The molecule has 3 rings (SSSR count). The van der Waals surface area contributed by atoms with Gasteiger partial charge in [0.25, 0.3) is 0 Å². The molecule has 18 heavy (non-hydrogen) atoms. The molecule has 1 aromatic rings. The van der Waals surface area contributed by atoms with E-state index in [2.05, 4.69) is 40.5 Å². The van der Waals surface area contributed by atoms with E-state index in [9.17, 15) is 0 Å². The van der Waals surface area contributed by atoms with Crippen molar-refractivity contribution in [2.24, 2.45) is 0 Å². The lowest BCUT2D eigenvalue weighted by atomic mass is 9.96. The number of hydrogen-bond donors (Lipinski definition) is 1. The number of nitrogens with zero attached hydrogens (tertiary/aromatic N) is 1. The van der Waals surface area contributed by atoms with Gasteiger partial charge in [0, 0.05) is 19.1 Å². The third-order valence-corrected chi connectivity index (χ3v) is 4.06. The topological polar surface area (TPSA) is 24.5 Å². The van der Waals surface area contributed by atoms with Gasteiger partial charge in [-0.25, -0.2) is 0 Å². The fourth-order valence-corrected chi connectivity index (χ4v) is 3.18. The van der Waals surface area contributed by atoms with Gasteiger partial charge in [-0.2, -0.15) is 0 Å². The summed E-state index contributed by atoms with van der Waals surface area (Å²) in [5, 5.41) is 3.67. The van der Waals surface area contributed by atoms with E-state index in [0.29, 0.717) is 12.1 Å². The van der Waals surface area contributed by atoms with E-state index in [1.807, 2.05) is 0 Å². The lowest BCUT2D eigenvalue weighted by molar-refractivity contribution is 0.00875. The van der Waals surface area contributed by atoms with Crippen molar-refractivity contribution in [2.75, 3.05) is 32.8 Å². The molecule has 2 atom stereocenters. The second-order valence-corrected chi connectivity index (χ2v) is 5.21. The Morgan fingerprint density at radius 2 is 1.94 bits per heavy atom. The maximum atomic E-state index is 5.49. The standard InChI is InChI=1S/C15H22N2O/c1-2-5-13(6-3-1)15(14-7-4-8-16-14)17-9-11-18-12-10-17/h1-3,5-6,14-16H,4,7-12H2. The molecule has 0 spiro atoms. The van der Waals surface area contributed by atoms with Crippen molar-refractivity contribution in [1.82, 2.24) is 10.2 Å². The Labute approximate surface area is 109 Å². The first-order valence-electron chi connectivity index (χ1n) is 7.05. The molecule has 3 heteroatoms. The zero-order chi connectivity index (χ0) is 12.2. The van der Waals surface area contributed by atoms with Crippen molar-refractivity contribution in [3.63, 3.8) is 0 Å². The van der Waals surface area contributed by atoms with Gasteiger partial charge in [-0.15, -0.1) is 0 Å². The Morgan fingerprint density at radius 1 is 1.17 bits per heavy atom. The van der Waals surface area contributed by atoms with Gasteiger partial charge in [0.15, 0.2) is 0 Å². The molecular formula is C15H22N2O. The van der Waals surface area contributed by atoms with Gasteiger partial charge in [-0.3, -0.25) is 4.90 Å². The van der Waals surface area contributed by atoms with Crippen LogP contribution < -0.4 is 5.32 Å². The molecule has 0 aliphatic carbocycles. The molecule has 2 aliphatic rings. The van der Waals surface area contributed by atoms with Crippen LogP contribution in [0.3, 0.4) is 0 Å². The summed E-state index contributed by atoms with van der Waals surface area (Å²) in [4.78, 5) is 2.59. The fraction of sp³-hybridized carbons (Fsp3) is 0.600. The van der Waals surface area contributed by atoms with Crippen LogP contribution in [0.15, 0.2) is 30.3 Å². The normalized spacial score (nSPS) is 27.2. The number of morpholine rings is 1. The summed E-state index contributed by atoms with van der Waals surface area (Å²) in [6.45, 7) is 5.01. The molecule has 0 amide bonds. The molecule has 2 heterocycles. The average molecular weight is 246 g/mol. The van der Waals surface area contributed by atoms with Crippen molar-refractivity contribution >= 4 is 0 Å². The Hall–Kier alpha value is -0.900. The van der Waals surface area contributed by atoms with Gasteiger partial charge in [0.2, 0.25) is 0 Å². The van der Waals surface area contributed by atoms with Crippen LogP contribution >= 0.6 is 0 Å². The number of benzene rings is 1. The first-order chi connectivity index (χ1) is 8.95. The van der Waals surface area contributed by atoms with E-state index in [1.54, 1.807) is 0 Å². The van der Waals surface area contributed by atoms with E-state index < -0.39 is 0 Å². The van der Waals surface area contributed by atoms with E-state index in [4.69, 9.17) is 4.74 Å². The van der Waals surface area contributed by atoms with Gasteiger partial charge in [-0.1, -0.05) is 30.3 Å². The Morgan fingerprint density at radius 3 is 2.61 bits per heavy atom. The molecule has 3 nitrogen and oxygen atoms in total. The first kappa shape index (κ1) is 12.2. The monoisotopic (exact) mass is 246 g/mol. The molecule has 0 radical (unpaired) electrons. The third-order valence-electron chi connectivity index (χ3n) is 4.06. The highest BCUT2D eigenvalue weighted by Crippen LogP contribution is 2.29. The minimum Gasteiger partial charge on any atom is -0.379 e. The van der Waals surface area contributed by atoms with E-state index in [1.165, 1.54) is 24.9 Å². The summed E-state index contributed by atoms with van der Waals surface area (Å²) in [5.41, 5.74) is 1.44. The van der Waals surface area contributed by atoms with Crippen molar-refractivity contribution < 1.29 is 4.74 Å². The van der Waals surface area contributed by atoms with E-state index >= 15 is 0 Å². The van der Waals surface area contributed by atoms with E-state index in [-0.39, 0.29) is 0 Å². The average Bonchev–Trinajstić information content (AvgIpc) is 2.95. The molecule has 2 aliphatic heterocycles. The quantitative estimate of drug-likeness (QED) is 0.880. The van der Waals surface area contributed by atoms with Gasteiger partial charge < -0.3 is 10.1 Å². The molecule has 2 saturated heterocycles. The Balaban J connectivity index is 1.82. The molecule has 1 aromatic carbocycles. The van der Waals surface area contributed by atoms with Crippen LogP contribution in [-0.2, 0) is 4.74 Å². The second kappa shape index (κ2) is 5.83. The molecule has 0 bridgehead atoms. The second-order valence-electron chi connectivity index (χ2n) is 5.21. The van der Waals surface area contributed by atoms with Gasteiger partial charge in [-0.05, 0) is 24.9 Å². The van der Waals surface area contributed by atoms with E-state index in [0.717, 1.165) is 26.3 Å². The first-order valence-corrected chi connectivity index (χ1v) is 7.05. The summed E-state index contributed by atoms with van der Waals surface area (Å²) in [5.74, 6) is 0. The van der Waals surface area contributed by atoms with Crippen LogP contribution in [0.4, 0.5) is 0 Å². The van der Waals surface area contributed by atoms with Crippen molar-refractivity contribution in [2.45, 2.75) is 24.9 Å². The third kappa shape index (κ3) is 2.58. The highest BCUT2D eigenvalue weighted by molar-refractivity contribution is 5.21. The van der Waals surface area contributed by atoms with Crippen LogP contribution in [-0.4, -0.2) is 43.8 Å². The van der Waals surface area contributed by atoms with Crippen LogP contribution in [0.5, 0.6) is 0 Å².